The summed E-state index contributed by atoms with van der Waals surface area (Å²) in [4.78, 5) is 62.8. The fourth-order valence-corrected chi connectivity index (χ4v) is 4.50. The molecule has 2 aromatic carbocycles. The number of thioether (sulfide) groups is 1. The maximum atomic E-state index is 13.4. The van der Waals surface area contributed by atoms with Crippen molar-refractivity contribution < 1.29 is 19.5 Å². The molecule has 2 amide bonds. The fraction of sp³-hybridized carbons (Fsp3) is 0.292. The van der Waals surface area contributed by atoms with E-state index in [0.717, 1.165) is 16.3 Å². The molecule has 3 aromatic rings. The van der Waals surface area contributed by atoms with Crippen molar-refractivity contribution >= 4 is 40.4 Å². The highest BCUT2D eigenvalue weighted by molar-refractivity contribution is 7.99. The van der Waals surface area contributed by atoms with E-state index in [4.69, 9.17) is 0 Å². The molecule has 0 aliphatic carbocycles. The second-order valence-corrected chi connectivity index (χ2v) is 8.92. The molecule has 184 valence electrons. The third-order valence-corrected chi connectivity index (χ3v) is 6.33. The van der Waals surface area contributed by atoms with Gasteiger partial charge >= 0.3 is 11.7 Å². The molecule has 11 heteroatoms. The van der Waals surface area contributed by atoms with Crippen LogP contribution in [0.1, 0.15) is 18.5 Å². The minimum Gasteiger partial charge on any atom is -0.480 e. The summed E-state index contributed by atoms with van der Waals surface area (Å²) in [5.41, 5.74) is -0.194. The Hall–Kier alpha value is -3.86. The molecular formula is C24H26N4O6S. The van der Waals surface area contributed by atoms with Crippen LogP contribution in [0.5, 0.6) is 0 Å². The normalized spacial score (nSPS) is 12.6. The summed E-state index contributed by atoms with van der Waals surface area (Å²) in [6.45, 7) is 1.34. The van der Waals surface area contributed by atoms with E-state index in [-0.39, 0.29) is 29.3 Å². The second-order valence-electron chi connectivity index (χ2n) is 7.89. The fourth-order valence-electron chi connectivity index (χ4n) is 3.61. The Morgan fingerprint density at radius 1 is 1.03 bits per heavy atom. The quantitative estimate of drug-likeness (QED) is 0.278. The zero-order chi connectivity index (χ0) is 25.5. The van der Waals surface area contributed by atoms with E-state index < -0.39 is 35.2 Å². The summed E-state index contributed by atoms with van der Waals surface area (Å²) in [5.74, 6) is -2.15. The number of carbonyl (C=O) groups excluding carboxylic acids is 2. The molecular weight excluding hydrogens is 472 g/mol. The van der Waals surface area contributed by atoms with Gasteiger partial charge in [-0.05, 0) is 17.7 Å². The van der Waals surface area contributed by atoms with Gasteiger partial charge in [-0.2, -0.15) is 0 Å². The van der Waals surface area contributed by atoms with Crippen LogP contribution in [-0.2, 0) is 27.9 Å². The summed E-state index contributed by atoms with van der Waals surface area (Å²) >= 11 is 1.12. The standard InChI is InChI=1S/C24H26N4O6S/c1-15(29)25-14-35-13-18(23(32)33)26-21(30)20(12-16-8-4-3-5-9-16)28-22(31)17-10-6-7-11-19(17)27(2)24(28)34/h3-11,18,20H,12-14H2,1-2H3,(H,25,29)(H,26,30)(H,32,33)/t18-,20-/m0/s1. The summed E-state index contributed by atoms with van der Waals surface area (Å²) in [6, 6.07) is 12.9. The van der Waals surface area contributed by atoms with Gasteiger partial charge in [-0.15, -0.1) is 11.8 Å². The van der Waals surface area contributed by atoms with Crippen molar-refractivity contribution in [3.05, 3.63) is 81.0 Å². The molecule has 0 aliphatic heterocycles. The smallest absolute Gasteiger partial charge is 0.331 e. The predicted octanol–water partition coefficient (Wildman–Crippen LogP) is 0.880. The Morgan fingerprint density at radius 3 is 2.34 bits per heavy atom. The zero-order valence-corrected chi connectivity index (χ0v) is 20.1. The van der Waals surface area contributed by atoms with Gasteiger partial charge in [0, 0.05) is 26.1 Å². The van der Waals surface area contributed by atoms with Gasteiger partial charge < -0.3 is 15.7 Å². The molecule has 3 rings (SSSR count). The van der Waals surface area contributed by atoms with Gasteiger partial charge in [0.15, 0.2) is 0 Å². The van der Waals surface area contributed by atoms with Crippen LogP contribution in [0.15, 0.2) is 64.2 Å². The van der Waals surface area contributed by atoms with Crippen molar-refractivity contribution in [2.75, 3.05) is 11.6 Å². The number of carbonyl (C=O) groups is 3. The van der Waals surface area contributed by atoms with Gasteiger partial charge in [-0.25, -0.2) is 14.2 Å². The minimum absolute atomic E-state index is 0.00549. The number of carboxylic acid groups (broad SMARTS) is 1. The topological polar surface area (TPSA) is 139 Å². The molecule has 1 heterocycles. The summed E-state index contributed by atoms with van der Waals surface area (Å²) in [6.07, 6.45) is 0.00549. The molecule has 35 heavy (non-hydrogen) atoms. The van der Waals surface area contributed by atoms with E-state index in [9.17, 15) is 29.1 Å². The van der Waals surface area contributed by atoms with Crippen LogP contribution in [0.3, 0.4) is 0 Å². The largest absolute Gasteiger partial charge is 0.480 e. The number of hydrogen-bond acceptors (Lipinski definition) is 6. The number of benzene rings is 2. The molecule has 1 aromatic heterocycles. The first-order valence-electron chi connectivity index (χ1n) is 10.8. The predicted molar refractivity (Wildman–Crippen MR) is 133 cm³/mol. The number of amides is 2. The maximum absolute atomic E-state index is 13.4. The average Bonchev–Trinajstić information content (AvgIpc) is 2.84. The number of aryl methyl sites for hydroxylation is 1. The van der Waals surface area contributed by atoms with Gasteiger partial charge in [0.1, 0.15) is 12.1 Å². The minimum atomic E-state index is -1.29. The zero-order valence-electron chi connectivity index (χ0n) is 19.3. The summed E-state index contributed by atoms with van der Waals surface area (Å²) in [5, 5.41) is 14.9. The van der Waals surface area contributed by atoms with Crippen LogP contribution in [0.2, 0.25) is 0 Å². The number of aromatic nitrogens is 2. The van der Waals surface area contributed by atoms with E-state index in [0.29, 0.717) is 11.1 Å². The summed E-state index contributed by atoms with van der Waals surface area (Å²) in [7, 11) is 1.51. The lowest BCUT2D eigenvalue weighted by Gasteiger charge is -2.23. The van der Waals surface area contributed by atoms with Crippen molar-refractivity contribution in [1.82, 2.24) is 19.8 Å². The molecule has 0 aliphatic rings. The van der Waals surface area contributed by atoms with E-state index in [1.54, 1.807) is 54.6 Å². The number of nitrogens with zero attached hydrogens (tertiary/aromatic N) is 2. The maximum Gasteiger partial charge on any atom is 0.331 e. The van der Waals surface area contributed by atoms with Gasteiger partial charge in [0.2, 0.25) is 11.8 Å². The molecule has 10 nitrogen and oxygen atoms in total. The highest BCUT2D eigenvalue weighted by Crippen LogP contribution is 2.15. The third-order valence-electron chi connectivity index (χ3n) is 5.42. The second kappa shape index (κ2) is 11.5. The van der Waals surface area contributed by atoms with Crippen molar-refractivity contribution in [3.63, 3.8) is 0 Å². The Bertz CT molecular complexity index is 1350. The van der Waals surface area contributed by atoms with Crippen LogP contribution < -0.4 is 21.9 Å². The van der Waals surface area contributed by atoms with Gasteiger partial charge in [0.05, 0.1) is 16.8 Å². The monoisotopic (exact) mass is 498 g/mol. The molecule has 0 saturated carbocycles. The van der Waals surface area contributed by atoms with E-state index in [1.807, 2.05) is 0 Å². The van der Waals surface area contributed by atoms with E-state index in [1.165, 1.54) is 18.5 Å². The van der Waals surface area contributed by atoms with E-state index in [2.05, 4.69) is 10.6 Å². The van der Waals surface area contributed by atoms with Gasteiger partial charge in [0.25, 0.3) is 5.56 Å². The number of para-hydroxylation sites is 1. The van der Waals surface area contributed by atoms with Crippen LogP contribution >= 0.6 is 11.8 Å². The van der Waals surface area contributed by atoms with E-state index >= 15 is 0 Å². The van der Waals surface area contributed by atoms with Gasteiger partial charge in [-0.1, -0.05) is 42.5 Å². The molecule has 0 spiro atoms. The number of fused-ring (bicyclic) bond motifs is 1. The van der Waals surface area contributed by atoms with Gasteiger partial charge in [-0.3, -0.25) is 19.0 Å². The molecule has 0 fully saturated rings. The van der Waals surface area contributed by atoms with Crippen LogP contribution in [0, 0.1) is 0 Å². The molecule has 0 radical (unpaired) electrons. The van der Waals surface area contributed by atoms with Crippen molar-refractivity contribution in [3.8, 4) is 0 Å². The first-order valence-corrected chi connectivity index (χ1v) is 12.0. The highest BCUT2D eigenvalue weighted by atomic mass is 32.2. The molecule has 0 unspecified atom stereocenters. The first-order chi connectivity index (χ1) is 16.7. The van der Waals surface area contributed by atoms with Crippen molar-refractivity contribution in [2.24, 2.45) is 7.05 Å². The highest BCUT2D eigenvalue weighted by Gasteiger charge is 2.30. The molecule has 3 N–H and O–H groups in total. The van der Waals surface area contributed by atoms with Crippen molar-refractivity contribution in [1.29, 1.82) is 0 Å². The average molecular weight is 499 g/mol. The lowest BCUT2D eigenvalue weighted by Crippen LogP contribution is -2.51. The molecule has 0 bridgehead atoms. The lowest BCUT2D eigenvalue weighted by molar-refractivity contribution is -0.141. The van der Waals surface area contributed by atoms with Crippen LogP contribution in [0.4, 0.5) is 0 Å². The Morgan fingerprint density at radius 2 is 1.69 bits per heavy atom. The molecule has 2 atom stereocenters. The summed E-state index contributed by atoms with van der Waals surface area (Å²) < 4.78 is 2.17. The van der Waals surface area contributed by atoms with Crippen molar-refractivity contribution in [2.45, 2.75) is 25.4 Å². The SMILES string of the molecule is CC(=O)NCSC[C@H](NC(=O)[C@H](Cc1ccccc1)n1c(=O)c2ccccc2n(C)c1=O)C(=O)O. The number of carboxylic acids is 1. The Kier molecular flexibility index (Phi) is 8.48. The Labute approximate surface area is 205 Å². The molecule has 0 saturated heterocycles. The Balaban J connectivity index is 2.00. The third kappa shape index (κ3) is 6.18. The number of hydrogen-bond donors (Lipinski definition) is 3. The lowest BCUT2D eigenvalue weighted by atomic mass is 10.0. The number of aliphatic carboxylic acids is 1. The number of rotatable bonds is 10. The first kappa shape index (κ1) is 25.8. The van der Waals surface area contributed by atoms with Crippen LogP contribution in [-0.4, -0.2) is 49.7 Å². The number of nitrogens with one attached hydrogen (secondary N) is 2. The van der Waals surface area contributed by atoms with Crippen LogP contribution in [0.25, 0.3) is 10.9 Å².